The number of thiazole rings is 1. The molecule has 2 aliphatic rings. The molecule has 2 aromatic heterocycles. The summed E-state index contributed by atoms with van der Waals surface area (Å²) in [4.78, 5) is 41.3. The zero-order valence-corrected chi connectivity index (χ0v) is 40.3. The number of halogens is 3. The largest absolute Gasteiger partial charge is 0.501 e. The SMILES string of the molecule is CC(C)N1CCN(CC[C@H](CSc2ccccc2)Nc2ccc(S(=O)(=O)NC(=O)c3cccc(N4CCc5cccc(C(=O)Nc6nc7ccccc7s6)c5C4)n3)cc2S(=O)(=O)C(F)(F)F)CC1. The Morgan fingerprint density at radius 1 is 0.824 bits per heavy atom. The molecule has 4 heterocycles. The molecule has 1 saturated heterocycles. The molecule has 1 atom stereocenters. The zero-order valence-electron chi connectivity index (χ0n) is 37.1. The number of sulfonamides is 1. The van der Waals surface area contributed by atoms with Crippen molar-refractivity contribution < 1.29 is 39.6 Å². The van der Waals surface area contributed by atoms with Gasteiger partial charge in [-0.25, -0.2) is 31.5 Å². The van der Waals surface area contributed by atoms with Gasteiger partial charge in [-0.3, -0.25) is 19.8 Å². The number of carbonyl (C=O) groups excluding carboxylic acids is 2. The number of pyridine rings is 1. The normalized spacial score (nSPS) is 15.5. The molecular formula is C47H49F3N8O6S4. The summed E-state index contributed by atoms with van der Waals surface area (Å²) >= 11 is 2.80. The summed E-state index contributed by atoms with van der Waals surface area (Å²) in [6.07, 6.45) is 0.973. The molecule has 0 radical (unpaired) electrons. The third-order valence-electron chi connectivity index (χ3n) is 11.9. The number of benzene rings is 4. The summed E-state index contributed by atoms with van der Waals surface area (Å²) in [5, 5.41) is 6.37. The number of hydrogen-bond donors (Lipinski definition) is 3. The number of thioether (sulfide) groups is 1. The lowest BCUT2D eigenvalue weighted by Gasteiger charge is -2.37. The maximum absolute atomic E-state index is 14.3. The van der Waals surface area contributed by atoms with Gasteiger partial charge >= 0.3 is 5.51 Å². The van der Waals surface area contributed by atoms with Crippen LogP contribution in [0.1, 0.15) is 52.2 Å². The summed E-state index contributed by atoms with van der Waals surface area (Å²) in [6.45, 7) is 8.84. The molecule has 3 N–H and O–H groups in total. The number of para-hydroxylation sites is 1. The molecule has 0 saturated carbocycles. The van der Waals surface area contributed by atoms with E-state index in [-0.39, 0.29) is 18.1 Å². The number of rotatable bonds is 16. The van der Waals surface area contributed by atoms with Gasteiger partial charge in [0.2, 0.25) is 0 Å². The second-order valence-corrected chi connectivity index (χ2v) is 22.4. The highest BCUT2D eigenvalue weighted by atomic mass is 32.2. The van der Waals surface area contributed by atoms with Gasteiger partial charge in [-0.1, -0.05) is 59.9 Å². The Bertz CT molecular complexity index is 2990. The van der Waals surface area contributed by atoms with Crippen molar-refractivity contribution in [2.24, 2.45) is 0 Å². The number of amides is 2. The van der Waals surface area contributed by atoms with Gasteiger partial charge < -0.3 is 15.1 Å². The lowest BCUT2D eigenvalue weighted by Crippen LogP contribution is -2.49. The summed E-state index contributed by atoms with van der Waals surface area (Å²) < 4.78 is 99.6. The monoisotopic (exact) mass is 1010 g/mol. The first-order chi connectivity index (χ1) is 32.4. The Morgan fingerprint density at radius 2 is 1.56 bits per heavy atom. The Morgan fingerprint density at radius 3 is 2.29 bits per heavy atom. The smallest absolute Gasteiger partial charge is 0.380 e. The quantitative estimate of drug-likeness (QED) is 0.0800. The van der Waals surface area contributed by atoms with E-state index in [9.17, 15) is 39.6 Å². The first-order valence-corrected chi connectivity index (χ1v) is 26.6. The van der Waals surface area contributed by atoms with E-state index in [1.165, 1.54) is 35.2 Å². The molecule has 0 unspecified atom stereocenters. The van der Waals surface area contributed by atoms with Gasteiger partial charge in [0, 0.05) is 74.1 Å². The van der Waals surface area contributed by atoms with Crippen molar-refractivity contribution in [3.05, 3.63) is 132 Å². The number of alkyl halides is 3. The van der Waals surface area contributed by atoms with E-state index in [1.54, 1.807) is 18.2 Å². The Labute approximate surface area is 401 Å². The van der Waals surface area contributed by atoms with Crippen LogP contribution in [0.15, 0.2) is 124 Å². The molecule has 0 bridgehead atoms. The third-order valence-corrected chi connectivity index (χ3v) is 16.9. The summed E-state index contributed by atoms with van der Waals surface area (Å²) in [5.41, 5.74) is -3.66. The number of piperazine rings is 1. The predicted molar refractivity (Wildman–Crippen MR) is 260 cm³/mol. The van der Waals surface area contributed by atoms with Crippen molar-refractivity contribution in [1.29, 1.82) is 0 Å². The molecule has 21 heteroatoms. The minimum absolute atomic E-state index is 0.229. The van der Waals surface area contributed by atoms with Crippen molar-refractivity contribution >= 4 is 81.6 Å². The molecule has 358 valence electrons. The summed E-state index contributed by atoms with van der Waals surface area (Å²) in [7, 11) is -11.1. The Kier molecular flexibility index (Phi) is 14.8. The number of fused-ring (bicyclic) bond motifs is 2. The highest BCUT2D eigenvalue weighted by Gasteiger charge is 2.48. The van der Waals surface area contributed by atoms with Crippen molar-refractivity contribution in [2.45, 2.75) is 65.5 Å². The molecular weight excluding hydrogens is 958 g/mol. The van der Waals surface area contributed by atoms with Crippen molar-refractivity contribution in [3.63, 3.8) is 0 Å². The second kappa shape index (κ2) is 20.6. The Hall–Kier alpha value is -5.58. The molecule has 14 nitrogen and oxygen atoms in total. The molecule has 0 aliphatic carbocycles. The van der Waals surface area contributed by atoms with Gasteiger partial charge in [0.1, 0.15) is 16.4 Å². The van der Waals surface area contributed by atoms with E-state index in [4.69, 9.17) is 0 Å². The van der Waals surface area contributed by atoms with Crippen molar-refractivity contribution in [3.8, 4) is 0 Å². The topological polar surface area (TPSA) is 174 Å². The predicted octanol–water partition coefficient (Wildman–Crippen LogP) is 7.91. The maximum atomic E-state index is 14.3. The van der Waals surface area contributed by atoms with Crippen LogP contribution in [0.25, 0.3) is 10.2 Å². The van der Waals surface area contributed by atoms with E-state index in [1.807, 2.05) is 70.3 Å². The minimum atomic E-state index is -6.11. The van der Waals surface area contributed by atoms with Crippen molar-refractivity contribution in [2.75, 3.05) is 60.6 Å². The highest BCUT2D eigenvalue weighted by molar-refractivity contribution is 7.99. The van der Waals surface area contributed by atoms with Crippen LogP contribution in [0.4, 0.5) is 29.8 Å². The minimum Gasteiger partial charge on any atom is -0.380 e. The fraction of sp³-hybridized carbons (Fsp3) is 0.319. The van der Waals surface area contributed by atoms with E-state index < -0.39 is 52.8 Å². The number of aromatic nitrogens is 2. The molecule has 6 aromatic rings. The third kappa shape index (κ3) is 11.3. The van der Waals surface area contributed by atoms with Crippen LogP contribution in [-0.4, -0.2) is 111 Å². The number of carbonyl (C=O) groups is 2. The highest BCUT2D eigenvalue weighted by Crippen LogP contribution is 2.37. The van der Waals surface area contributed by atoms with E-state index in [2.05, 4.69) is 44.2 Å². The number of hydrogen-bond acceptors (Lipinski definition) is 14. The molecule has 2 amide bonds. The van der Waals surface area contributed by atoms with Crippen LogP contribution < -0.4 is 20.3 Å². The van der Waals surface area contributed by atoms with Crippen LogP contribution in [0.5, 0.6) is 0 Å². The lowest BCUT2D eigenvalue weighted by molar-refractivity contribution is -0.0436. The summed E-state index contributed by atoms with van der Waals surface area (Å²) in [6, 6.07) is 28.9. The van der Waals surface area contributed by atoms with Gasteiger partial charge in [-0.2, -0.15) is 13.2 Å². The van der Waals surface area contributed by atoms with E-state index in [0.717, 1.165) is 64.6 Å². The molecule has 4 aromatic carbocycles. The van der Waals surface area contributed by atoms with Crippen LogP contribution >= 0.6 is 23.1 Å². The van der Waals surface area contributed by atoms with Gasteiger partial charge in [0.05, 0.1) is 20.8 Å². The maximum Gasteiger partial charge on any atom is 0.501 e. The van der Waals surface area contributed by atoms with Crippen LogP contribution in [0.2, 0.25) is 0 Å². The lowest BCUT2D eigenvalue weighted by atomic mass is 9.94. The molecule has 1 fully saturated rings. The standard InChI is InChI=1S/C47H49F3N8O6S4/c1-31(2)57-26-24-56(25-27-57)22-21-33(30-65-34-11-4-3-5-12-34)51-39-19-18-35(28-42(39)67(61,62)47(48,49)50)68(63,64)55-45(60)40-15-9-17-43(52-40)58-23-20-32-10-8-13-36(37(32)29-58)44(59)54-46-53-38-14-6-7-16-41(38)66-46/h3-19,28,31,33,51H,20-27,29-30H2,1-2H3,(H,55,60)(H,53,54,59)/t33-/m1/s1. The second-order valence-electron chi connectivity index (χ2n) is 16.7. The van der Waals surface area contributed by atoms with Crippen LogP contribution in [-0.2, 0) is 32.8 Å². The Balaban J connectivity index is 0.993. The average molecular weight is 1010 g/mol. The molecule has 2 aliphatic heterocycles. The molecule has 0 spiro atoms. The number of anilines is 3. The number of nitrogens with zero attached hydrogens (tertiary/aromatic N) is 5. The van der Waals surface area contributed by atoms with E-state index in [0.29, 0.717) is 60.3 Å². The average Bonchev–Trinajstić information content (AvgIpc) is 3.74. The van der Waals surface area contributed by atoms with Crippen LogP contribution in [0.3, 0.4) is 0 Å². The van der Waals surface area contributed by atoms with E-state index >= 15 is 0 Å². The fourth-order valence-electron chi connectivity index (χ4n) is 8.15. The van der Waals surface area contributed by atoms with Crippen molar-refractivity contribution in [1.82, 2.24) is 24.5 Å². The van der Waals surface area contributed by atoms with Gasteiger partial charge in [0.15, 0.2) is 5.13 Å². The van der Waals surface area contributed by atoms with Crippen LogP contribution in [0, 0.1) is 0 Å². The number of nitrogens with one attached hydrogen (secondary N) is 3. The molecule has 68 heavy (non-hydrogen) atoms. The number of sulfone groups is 1. The summed E-state index contributed by atoms with van der Waals surface area (Å²) in [5.74, 6) is -0.893. The first-order valence-electron chi connectivity index (χ1n) is 21.9. The molecule has 8 rings (SSSR count). The van der Waals surface area contributed by atoms with Gasteiger partial charge in [-0.15, -0.1) is 11.8 Å². The first kappa shape index (κ1) is 48.9. The fourth-order valence-corrected chi connectivity index (χ4v) is 12.0. The van der Waals surface area contributed by atoms with Gasteiger partial charge in [0.25, 0.3) is 31.7 Å². The zero-order chi connectivity index (χ0) is 48.2. The van der Waals surface area contributed by atoms with Gasteiger partial charge in [-0.05, 0) is 98.5 Å².